The largest absolute Gasteiger partial charge is 0.339 e. The summed E-state index contributed by atoms with van der Waals surface area (Å²) in [6.45, 7) is 9.62. The number of carbonyl (C=O) groups is 1. The van der Waals surface area contributed by atoms with Crippen molar-refractivity contribution in [2.24, 2.45) is 0 Å². The first kappa shape index (κ1) is 24.9. The van der Waals surface area contributed by atoms with Crippen LogP contribution in [0, 0.1) is 6.92 Å². The van der Waals surface area contributed by atoms with Gasteiger partial charge in [-0.2, -0.15) is 0 Å². The first-order chi connectivity index (χ1) is 10.6. The maximum absolute atomic E-state index is 12.9. The van der Waals surface area contributed by atoms with Crippen LogP contribution in [-0.4, -0.2) is 59.0 Å². The molecule has 9 heteroatoms. The van der Waals surface area contributed by atoms with Gasteiger partial charge >= 0.3 is 0 Å². The van der Waals surface area contributed by atoms with Crippen LogP contribution in [0.25, 0.3) is 0 Å². The number of hydrogen-bond donors (Lipinski definition) is 1. The fourth-order valence-electron chi connectivity index (χ4n) is 3.56. The number of nitrogens with one attached hydrogen (secondary N) is 1. The lowest BCUT2D eigenvalue weighted by Crippen LogP contribution is -2.58. The van der Waals surface area contributed by atoms with Gasteiger partial charge in [-0.05, 0) is 32.7 Å². The van der Waals surface area contributed by atoms with Crippen molar-refractivity contribution in [2.45, 2.75) is 45.2 Å². The molecule has 2 fully saturated rings. The number of aryl methyl sites for hydroxylation is 1. The Morgan fingerprint density at radius 3 is 2.44 bits per heavy atom. The Morgan fingerprint density at radius 2 is 1.96 bits per heavy atom. The zero-order valence-corrected chi connectivity index (χ0v) is 18.1. The molecule has 5 nitrogen and oxygen atoms in total. The normalized spacial score (nSPS) is 23.4. The number of aromatic nitrogens is 1. The lowest BCUT2D eigenvalue weighted by Gasteiger charge is -2.39. The van der Waals surface area contributed by atoms with E-state index in [0.717, 1.165) is 69.2 Å². The first-order valence-corrected chi connectivity index (χ1v) is 9.19. The Labute approximate surface area is 173 Å². The molecule has 1 amide bonds. The lowest BCUT2D eigenvalue weighted by molar-refractivity contribution is -0.139. The summed E-state index contributed by atoms with van der Waals surface area (Å²) < 4.78 is 0. The highest BCUT2D eigenvalue weighted by Crippen LogP contribution is 2.26. The standard InChI is InChI=1S/C16H26N4OS.3ClH/c1-3-16(5-4-6-17-16)15(21)20-9-7-19(8-10-20)11-14-12-22-13(2)18-14;;;/h12,17H,3-11H2,1-2H3;3*1H. The second-order valence-corrected chi connectivity index (χ2v) is 7.45. The van der Waals surface area contributed by atoms with Gasteiger partial charge in [0.1, 0.15) is 0 Å². The Balaban J connectivity index is 0.00000192. The zero-order valence-electron chi connectivity index (χ0n) is 14.8. The van der Waals surface area contributed by atoms with Crippen molar-refractivity contribution < 1.29 is 4.79 Å². The summed E-state index contributed by atoms with van der Waals surface area (Å²) >= 11 is 1.71. The van der Waals surface area contributed by atoms with E-state index in [1.165, 1.54) is 0 Å². The van der Waals surface area contributed by atoms with Gasteiger partial charge in [0.15, 0.2) is 0 Å². The van der Waals surface area contributed by atoms with Gasteiger partial charge in [-0.3, -0.25) is 9.69 Å². The SMILES string of the molecule is CCC1(C(=O)N2CCN(Cc3csc(C)n3)CC2)CCCN1.Cl.Cl.Cl. The molecule has 1 N–H and O–H groups in total. The third kappa shape index (κ3) is 5.68. The maximum atomic E-state index is 12.9. The molecule has 2 aliphatic rings. The van der Waals surface area contributed by atoms with Gasteiger partial charge in [0, 0.05) is 38.1 Å². The minimum atomic E-state index is -0.284. The summed E-state index contributed by atoms with van der Waals surface area (Å²) in [4.78, 5) is 21.9. The van der Waals surface area contributed by atoms with Crippen LogP contribution in [0.4, 0.5) is 0 Å². The highest BCUT2D eigenvalue weighted by molar-refractivity contribution is 7.09. The monoisotopic (exact) mass is 430 g/mol. The summed E-state index contributed by atoms with van der Waals surface area (Å²) in [5, 5.41) is 6.72. The van der Waals surface area contributed by atoms with Gasteiger partial charge in [-0.15, -0.1) is 48.6 Å². The summed E-state index contributed by atoms with van der Waals surface area (Å²) in [5.41, 5.74) is 0.874. The van der Waals surface area contributed by atoms with E-state index in [2.05, 4.69) is 32.4 Å². The van der Waals surface area contributed by atoms with Gasteiger partial charge in [-0.25, -0.2) is 4.98 Å². The second-order valence-electron chi connectivity index (χ2n) is 6.39. The highest BCUT2D eigenvalue weighted by atomic mass is 35.5. The quantitative estimate of drug-likeness (QED) is 0.796. The summed E-state index contributed by atoms with van der Waals surface area (Å²) in [7, 11) is 0. The van der Waals surface area contributed by atoms with Crippen LogP contribution in [0.3, 0.4) is 0 Å². The molecule has 3 rings (SSSR count). The number of nitrogens with zero attached hydrogens (tertiary/aromatic N) is 3. The molecule has 146 valence electrons. The molecule has 2 saturated heterocycles. The van der Waals surface area contributed by atoms with Crippen molar-refractivity contribution in [1.29, 1.82) is 0 Å². The zero-order chi connectivity index (χ0) is 15.6. The van der Waals surface area contributed by atoms with Crippen molar-refractivity contribution in [3.8, 4) is 0 Å². The van der Waals surface area contributed by atoms with E-state index in [4.69, 9.17) is 0 Å². The van der Waals surface area contributed by atoms with E-state index in [1.54, 1.807) is 11.3 Å². The number of piperazine rings is 1. The molecule has 1 aromatic rings. The molecule has 0 saturated carbocycles. The second kappa shape index (κ2) is 10.9. The molecule has 0 radical (unpaired) electrons. The van der Waals surface area contributed by atoms with Gasteiger partial charge < -0.3 is 10.2 Å². The predicted octanol–water partition coefficient (Wildman–Crippen LogP) is 2.89. The Hall–Kier alpha value is -0.110. The van der Waals surface area contributed by atoms with Gasteiger partial charge in [0.05, 0.1) is 16.2 Å². The Bertz CT molecular complexity index is 529. The number of thiazole rings is 1. The van der Waals surface area contributed by atoms with Crippen LogP contribution in [0.2, 0.25) is 0 Å². The van der Waals surface area contributed by atoms with E-state index in [-0.39, 0.29) is 42.8 Å². The molecule has 0 aromatic carbocycles. The Morgan fingerprint density at radius 1 is 1.28 bits per heavy atom. The summed E-state index contributed by atoms with van der Waals surface area (Å²) in [6.07, 6.45) is 2.99. The first-order valence-electron chi connectivity index (χ1n) is 8.31. The molecule has 3 heterocycles. The van der Waals surface area contributed by atoms with Gasteiger partial charge in [0.25, 0.3) is 0 Å². The Kier molecular flexibility index (Phi) is 10.9. The van der Waals surface area contributed by atoms with Crippen molar-refractivity contribution >= 4 is 54.5 Å². The van der Waals surface area contributed by atoms with Crippen LogP contribution in [0.15, 0.2) is 5.38 Å². The van der Waals surface area contributed by atoms with Crippen LogP contribution in [-0.2, 0) is 11.3 Å². The highest BCUT2D eigenvalue weighted by Gasteiger charge is 2.42. The van der Waals surface area contributed by atoms with E-state index in [9.17, 15) is 4.79 Å². The van der Waals surface area contributed by atoms with Gasteiger partial charge in [-0.1, -0.05) is 6.92 Å². The molecule has 0 aliphatic carbocycles. The lowest BCUT2D eigenvalue weighted by atomic mass is 9.92. The number of carbonyl (C=O) groups excluding carboxylic acids is 1. The minimum absolute atomic E-state index is 0. The third-order valence-electron chi connectivity index (χ3n) is 4.97. The summed E-state index contributed by atoms with van der Waals surface area (Å²) in [6, 6.07) is 0. The minimum Gasteiger partial charge on any atom is -0.339 e. The van der Waals surface area contributed by atoms with Crippen molar-refractivity contribution in [2.75, 3.05) is 32.7 Å². The number of halogens is 3. The van der Waals surface area contributed by atoms with Crippen molar-refractivity contribution in [3.05, 3.63) is 16.1 Å². The topological polar surface area (TPSA) is 48.5 Å². The fraction of sp³-hybridized carbons (Fsp3) is 0.750. The molecule has 1 unspecified atom stereocenters. The average molecular weight is 432 g/mol. The third-order valence-corrected chi connectivity index (χ3v) is 5.79. The van der Waals surface area contributed by atoms with Crippen LogP contribution < -0.4 is 5.32 Å². The number of amides is 1. The smallest absolute Gasteiger partial charge is 0.242 e. The van der Waals surface area contributed by atoms with Crippen molar-refractivity contribution in [3.63, 3.8) is 0 Å². The summed E-state index contributed by atoms with van der Waals surface area (Å²) in [5.74, 6) is 0.316. The van der Waals surface area contributed by atoms with Crippen LogP contribution in [0.1, 0.15) is 36.9 Å². The molecule has 0 spiro atoms. The van der Waals surface area contributed by atoms with E-state index in [0.29, 0.717) is 5.91 Å². The average Bonchev–Trinajstić information content (AvgIpc) is 3.17. The van der Waals surface area contributed by atoms with E-state index >= 15 is 0 Å². The van der Waals surface area contributed by atoms with Crippen LogP contribution >= 0.6 is 48.6 Å². The molecule has 0 bridgehead atoms. The number of rotatable bonds is 4. The molecule has 2 aliphatic heterocycles. The van der Waals surface area contributed by atoms with E-state index in [1.807, 2.05) is 6.92 Å². The maximum Gasteiger partial charge on any atom is 0.242 e. The molecular formula is C16H29Cl3N4OS. The van der Waals surface area contributed by atoms with Crippen molar-refractivity contribution in [1.82, 2.24) is 20.1 Å². The fourth-order valence-corrected chi connectivity index (χ4v) is 4.17. The molecular weight excluding hydrogens is 403 g/mol. The molecule has 25 heavy (non-hydrogen) atoms. The van der Waals surface area contributed by atoms with E-state index < -0.39 is 0 Å². The number of hydrogen-bond acceptors (Lipinski definition) is 5. The van der Waals surface area contributed by atoms with Crippen LogP contribution in [0.5, 0.6) is 0 Å². The molecule has 1 aromatic heterocycles. The molecule has 1 atom stereocenters. The van der Waals surface area contributed by atoms with Gasteiger partial charge in [0.2, 0.25) is 5.91 Å². The predicted molar refractivity (Wildman–Crippen MR) is 111 cm³/mol.